The molecule has 0 aliphatic carbocycles. The van der Waals surface area contributed by atoms with Crippen molar-refractivity contribution in [3.05, 3.63) is 45.7 Å². The Balaban J connectivity index is 2.40. The summed E-state index contributed by atoms with van der Waals surface area (Å²) >= 11 is 3.55. The van der Waals surface area contributed by atoms with Gasteiger partial charge in [-0.2, -0.15) is 5.10 Å². The number of nitrogens with two attached hydrogens (primary N) is 1. The summed E-state index contributed by atoms with van der Waals surface area (Å²) in [5, 5.41) is 4.56. The predicted molar refractivity (Wildman–Crippen MR) is 79.6 cm³/mol. The Hall–Kier alpha value is -1.33. The molecule has 1 atom stereocenters. The molecule has 2 N–H and O–H groups in total. The standard InChI is InChI=1S/C14H18BrN3O/c1-9-14(15)10(2)18(17-9)13(8-16)11-4-6-12(19-3)7-5-11/h4-7,13H,8,16H2,1-3H3. The second-order valence-electron chi connectivity index (χ2n) is 4.45. The van der Waals surface area contributed by atoms with Crippen molar-refractivity contribution >= 4 is 15.9 Å². The van der Waals surface area contributed by atoms with E-state index >= 15 is 0 Å². The van der Waals surface area contributed by atoms with E-state index in [9.17, 15) is 0 Å². The van der Waals surface area contributed by atoms with Crippen LogP contribution in [0.15, 0.2) is 28.7 Å². The van der Waals surface area contributed by atoms with Gasteiger partial charge in [0.15, 0.2) is 0 Å². The molecule has 0 radical (unpaired) electrons. The summed E-state index contributed by atoms with van der Waals surface area (Å²) in [6.45, 7) is 4.52. The third-order valence-electron chi connectivity index (χ3n) is 3.26. The van der Waals surface area contributed by atoms with Crippen molar-refractivity contribution in [1.82, 2.24) is 9.78 Å². The fourth-order valence-electron chi connectivity index (χ4n) is 2.15. The Morgan fingerprint density at radius 2 is 1.95 bits per heavy atom. The van der Waals surface area contributed by atoms with Crippen LogP contribution in [0.2, 0.25) is 0 Å². The quantitative estimate of drug-likeness (QED) is 0.941. The van der Waals surface area contributed by atoms with Gasteiger partial charge in [-0.05, 0) is 47.5 Å². The molecule has 1 heterocycles. The van der Waals surface area contributed by atoms with Crippen LogP contribution in [0, 0.1) is 13.8 Å². The summed E-state index contributed by atoms with van der Waals surface area (Å²) in [5.74, 6) is 0.842. The van der Waals surface area contributed by atoms with Crippen LogP contribution in [0.4, 0.5) is 0 Å². The Morgan fingerprint density at radius 1 is 1.32 bits per heavy atom. The van der Waals surface area contributed by atoms with E-state index in [1.807, 2.05) is 42.8 Å². The van der Waals surface area contributed by atoms with Crippen molar-refractivity contribution in [1.29, 1.82) is 0 Å². The van der Waals surface area contributed by atoms with Crippen LogP contribution in [0.1, 0.15) is 23.0 Å². The molecule has 1 aromatic heterocycles. The maximum absolute atomic E-state index is 5.93. The molecule has 19 heavy (non-hydrogen) atoms. The van der Waals surface area contributed by atoms with Crippen LogP contribution in [-0.2, 0) is 0 Å². The van der Waals surface area contributed by atoms with Crippen molar-refractivity contribution in [3.63, 3.8) is 0 Å². The number of ether oxygens (including phenoxy) is 1. The van der Waals surface area contributed by atoms with Crippen LogP contribution < -0.4 is 10.5 Å². The Morgan fingerprint density at radius 3 is 2.37 bits per heavy atom. The van der Waals surface area contributed by atoms with Gasteiger partial charge in [0.2, 0.25) is 0 Å². The number of hydrogen-bond acceptors (Lipinski definition) is 3. The molecule has 0 amide bonds. The van der Waals surface area contributed by atoms with Crippen LogP contribution in [0.5, 0.6) is 5.75 Å². The van der Waals surface area contributed by atoms with E-state index in [0.29, 0.717) is 6.54 Å². The maximum Gasteiger partial charge on any atom is 0.118 e. The first-order valence-corrected chi connectivity index (χ1v) is 6.93. The van der Waals surface area contributed by atoms with Crippen LogP contribution in [0.25, 0.3) is 0 Å². The third kappa shape index (κ3) is 2.67. The van der Waals surface area contributed by atoms with Crippen molar-refractivity contribution in [2.45, 2.75) is 19.9 Å². The first kappa shape index (κ1) is 14.1. The molecule has 0 aliphatic rings. The molecule has 0 spiro atoms. The molecule has 0 aliphatic heterocycles. The van der Waals surface area contributed by atoms with Gasteiger partial charge in [0.1, 0.15) is 5.75 Å². The van der Waals surface area contributed by atoms with Gasteiger partial charge in [-0.15, -0.1) is 0 Å². The maximum atomic E-state index is 5.93. The molecular formula is C14H18BrN3O. The zero-order valence-electron chi connectivity index (χ0n) is 11.4. The average Bonchev–Trinajstić information content (AvgIpc) is 2.68. The number of aryl methyl sites for hydroxylation is 1. The molecule has 0 fully saturated rings. The predicted octanol–water partition coefficient (Wildman–Crippen LogP) is 2.82. The fourth-order valence-corrected chi connectivity index (χ4v) is 2.41. The Kier molecular flexibility index (Phi) is 4.27. The van der Waals surface area contributed by atoms with Crippen molar-refractivity contribution in [3.8, 4) is 5.75 Å². The first-order chi connectivity index (χ1) is 9.08. The summed E-state index contributed by atoms with van der Waals surface area (Å²) in [6.07, 6.45) is 0. The summed E-state index contributed by atoms with van der Waals surface area (Å²) < 4.78 is 8.19. The van der Waals surface area contributed by atoms with Gasteiger partial charge in [0.05, 0.1) is 29.0 Å². The Labute approximate surface area is 121 Å². The van der Waals surface area contributed by atoms with Crippen LogP contribution in [0.3, 0.4) is 0 Å². The van der Waals surface area contributed by atoms with Crippen LogP contribution >= 0.6 is 15.9 Å². The number of aromatic nitrogens is 2. The molecule has 102 valence electrons. The number of methoxy groups -OCH3 is 1. The highest BCUT2D eigenvalue weighted by atomic mass is 79.9. The largest absolute Gasteiger partial charge is 0.497 e. The van der Waals surface area contributed by atoms with Gasteiger partial charge in [0.25, 0.3) is 0 Å². The number of benzene rings is 1. The van der Waals surface area contributed by atoms with Gasteiger partial charge < -0.3 is 10.5 Å². The number of hydrogen-bond donors (Lipinski definition) is 1. The van der Waals surface area contributed by atoms with Gasteiger partial charge in [0, 0.05) is 6.54 Å². The molecule has 4 nitrogen and oxygen atoms in total. The SMILES string of the molecule is COc1ccc(C(CN)n2nc(C)c(Br)c2C)cc1. The molecule has 0 saturated carbocycles. The lowest BCUT2D eigenvalue weighted by Crippen LogP contribution is -2.22. The summed E-state index contributed by atoms with van der Waals surface area (Å²) in [6, 6.07) is 7.98. The topological polar surface area (TPSA) is 53.1 Å². The van der Waals surface area contributed by atoms with E-state index in [2.05, 4.69) is 21.0 Å². The third-order valence-corrected chi connectivity index (χ3v) is 4.40. The monoisotopic (exact) mass is 323 g/mol. The number of nitrogens with zero attached hydrogens (tertiary/aromatic N) is 2. The first-order valence-electron chi connectivity index (χ1n) is 6.13. The zero-order valence-corrected chi connectivity index (χ0v) is 12.9. The lowest BCUT2D eigenvalue weighted by molar-refractivity contribution is 0.414. The van der Waals surface area contributed by atoms with Gasteiger partial charge in [-0.25, -0.2) is 0 Å². The van der Waals surface area contributed by atoms with E-state index in [-0.39, 0.29) is 6.04 Å². The van der Waals surface area contributed by atoms with Gasteiger partial charge in [-0.1, -0.05) is 12.1 Å². The number of rotatable bonds is 4. The minimum atomic E-state index is 0.0379. The highest BCUT2D eigenvalue weighted by Crippen LogP contribution is 2.26. The Bertz CT molecular complexity index is 563. The second kappa shape index (κ2) is 5.75. The second-order valence-corrected chi connectivity index (χ2v) is 5.25. The summed E-state index contributed by atoms with van der Waals surface area (Å²) in [4.78, 5) is 0. The highest BCUT2D eigenvalue weighted by molar-refractivity contribution is 9.10. The van der Waals surface area contributed by atoms with E-state index in [1.165, 1.54) is 0 Å². The van der Waals surface area contributed by atoms with E-state index in [4.69, 9.17) is 10.5 Å². The molecular weight excluding hydrogens is 306 g/mol. The normalized spacial score (nSPS) is 12.5. The molecule has 1 aromatic carbocycles. The average molecular weight is 324 g/mol. The highest BCUT2D eigenvalue weighted by Gasteiger charge is 2.18. The van der Waals surface area contributed by atoms with E-state index < -0.39 is 0 Å². The van der Waals surface area contributed by atoms with E-state index in [0.717, 1.165) is 27.2 Å². The van der Waals surface area contributed by atoms with Gasteiger partial charge in [-0.3, -0.25) is 4.68 Å². The fraction of sp³-hybridized carbons (Fsp3) is 0.357. The lowest BCUT2D eigenvalue weighted by Gasteiger charge is -2.18. The molecule has 5 heteroatoms. The molecule has 0 saturated heterocycles. The summed E-state index contributed by atoms with van der Waals surface area (Å²) in [5.41, 5.74) is 9.12. The van der Waals surface area contributed by atoms with Crippen molar-refractivity contribution < 1.29 is 4.74 Å². The molecule has 2 rings (SSSR count). The molecule has 1 unspecified atom stereocenters. The van der Waals surface area contributed by atoms with E-state index in [1.54, 1.807) is 7.11 Å². The van der Waals surface area contributed by atoms with Crippen LogP contribution in [-0.4, -0.2) is 23.4 Å². The van der Waals surface area contributed by atoms with Crippen molar-refractivity contribution in [2.24, 2.45) is 5.73 Å². The minimum absolute atomic E-state index is 0.0379. The molecule has 0 bridgehead atoms. The van der Waals surface area contributed by atoms with Gasteiger partial charge >= 0.3 is 0 Å². The smallest absolute Gasteiger partial charge is 0.118 e. The lowest BCUT2D eigenvalue weighted by atomic mass is 10.1. The number of halogens is 1. The van der Waals surface area contributed by atoms with Crippen molar-refractivity contribution in [2.75, 3.05) is 13.7 Å². The minimum Gasteiger partial charge on any atom is -0.497 e. The zero-order chi connectivity index (χ0) is 14.0. The molecule has 2 aromatic rings. The summed E-state index contributed by atoms with van der Waals surface area (Å²) in [7, 11) is 1.66.